The molecular formula is C75H146O17P2. The Morgan fingerprint density at radius 1 is 0.298 bits per heavy atom. The van der Waals surface area contributed by atoms with Crippen molar-refractivity contribution in [2.75, 3.05) is 39.6 Å². The van der Waals surface area contributed by atoms with Gasteiger partial charge in [0.15, 0.2) is 12.2 Å². The first-order valence-electron chi connectivity index (χ1n) is 38.7. The lowest BCUT2D eigenvalue weighted by Crippen LogP contribution is -2.30. The SMILES string of the molecule is CCC(C)CCCCCCCCC(=O)O[C@H](COC(=O)CCCCCCCCCCCCCCCCCCC(C)C)COP(=O)(O)OC[C@@H](O)COP(=O)(O)OC[C@@H](COC(=O)CCCCCCCCC(C)C)OC(=O)CCCCCCCCCCCCCCCC(C)C. The van der Waals surface area contributed by atoms with Crippen LogP contribution in [0, 0.1) is 23.7 Å². The largest absolute Gasteiger partial charge is 0.472 e. The van der Waals surface area contributed by atoms with Crippen molar-refractivity contribution in [3.8, 4) is 0 Å². The molecule has 0 aliphatic heterocycles. The molecule has 0 spiro atoms. The Balaban J connectivity index is 5.16. The molecule has 17 nitrogen and oxygen atoms in total. The van der Waals surface area contributed by atoms with E-state index in [4.69, 9.17) is 37.0 Å². The smallest absolute Gasteiger partial charge is 0.462 e. The zero-order valence-corrected chi connectivity index (χ0v) is 63.4. The molecule has 0 radical (unpaired) electrons. The summed E-state index contributed by atoms with van der Waals surface area (Å²) in [4.78, 5) is 72.7. The molecule has 0 aliphatic rings. The minimum atomic E-state index is -4.96. The lowest BCUT2D eigenvalue weighted by atomic mass is 10.00. The van der Waals surface area contributed by atoms with Crippen LogP contribution in [-0.4, -0.2) is 96.7 Å². The zero-order chi connectivity index (χ0) is 69.6. The Bertz CT molecular complexity index is 1850. The Morgan fingerprint density at radius 3 is 0.755 bits per heavy atom. The maximum Gasteiger partial charge on any atom is 0.472 e. The molecule has 0 saturated heterocycles. The summed E-state index contributed by atoms with van der Waals surface area (Å²) in [6, 6.07) is 0. The van der Waals surface area contributed by atoms with E-state index in [1.165, 1.54) is 173 Å². The van der Waals surface area contributed by atoms with Crippen molar-refractivity contribution in [1.82, 2.24) is 0 Å². The number of hydrogen-bond acceptors (Lipinski definition) is 15. The molecule has 19 heteroatoms. The summed E-state index contributed by atoms with van der Waals surface area (Å²) in [5.41, 5.74) is 0. The molecule has 0 saturated carbocycles. The number of aliphatic hydroxyl groups is 1. The average molecular weight is 1380 g/mol. The molecule has 0 amide bonds. The van der Waals surface area contributed by atoms with E-state index in [1.807, 2.05) is 0 Å². The van der Waals surface area contributed by atoms with Crippen LogP contribution in [0.4, 0.5) is 0 Å². The van der Waals surface area contributed by atoms with E-state index in [1.54, 1.807) is 0 Å². The zero-order valence-electron chi connectivity index (χ0n) is 61.6. The summed E-state index contributed by atoms with van der Waals surface area (Å²) in [7, 11) is -9.91. The molecule has 0 aliphatic carbocycles. The third-order valence-corrected chi connectivity index (χ3v) is 19.6. The van der Waals surface area contributed by atoms with Crippen LogP contribution in [0.3, 0.4) is 0 Å². The predicted octanol–water partition coefficient (Wildman–Crippen LogP) is 21.7. The maximum absolute atomic E-state index is 13.0. The van der Waals surface area contributed by atoms with Crippen LogP contribution in [0.25, 0.3) is 0 Å². The fourth-order valence-corrected chi connectivity index (χ4v) is 12.9. The maximum atomic E-state index is 13.0. The Morgan fingerprint density at radius 2 is 0.511 bits per heavy atom. The van der Waals surface area contributed by atoms with Crippen LogP contribution in [0.1, 0.15) is 376 Å². The van der Waals surface area contributed by atoms with E-state index in [2.05, 4.69) is 55.4 Å². The third-order valence-electron chi connectivity index (χ3n) is 17.7. The van der Waals surface area contributed by atoms with Crippen LogP contribution in [-0.2, 0) is 65.4 Å². The van der Waals surface area contributed by atoms with Crippen molar-refractivity contribution in [2.45, 2.75) is 395 Å². The molecule has 0 heterocycles. The van der Waals surface area contributed by atoms with Crippen molar-refractivity contribution in [3.05, 3.63) is 0 Å². The molecule has 3 unspecified atom stereocenters. The standard InChI is InChI=1S/C75H146O17P2/c1-9-68(8)54-46-38-32-34-42-50-58-75(80)92-71(61-85-72(77)55-47-39-29-25-21-17-13-11-10-12-15-19-23-27-35-43-51-65(2)3)64-90-94(83,84)88-60-69(76)59-87-93(81,82)89-63-70(62-86-73(78)56-48-40-33-31-37-45-53-67(6)7)91-74(79)57-49-41-30-26-22-18-14-16-20-24-28-36-44-52-66(4)5/h65-71,76H,9-64H2,1-8H3,(H,81,82)(H,83,84)/t68?,69-,70+,71+/m0/s1. The lowest BCUT2D eigenvalue weighted by Gasteiger charge is -2.21. The van der Waals surface area contributed by atoms with Gasteiger partial charge in [0.25, 0.3) is 0 Å². The third kappa shape index (κ3) is 67.3. The minimum absolute atomic E-state index is 0.103. The summed E-state index contributed by atoms with van der Waals surface area (Å²) >= 11 is 0. The predicted molar refractivity (Wildman–Crippen MR) is 381 cm³/mol. The van der Waals surface area contributed by atoms with Gasteiger partial charge in [-0.25, -0.2) is 9.13 Å². The van der Waals surface area contributed by atoms with Gasteiger partial charge in [0.05, 0.1) is 26.4 Å². The second-order valence-corrected chi connectivity index (χ2v) is 31.6. The molecule has 0 bridgehead atoms. The molecular weight excluding hydrogens is 1230 g/mol. The van der Waals surface area contributed by atoms with Gasteiger partial charge in [0, 0.05) is 25.7 Å². The number of esters is 4. The Kier molecular flexibility index (Phi) is 63.1. The van der Waals surface area contributed by atoms with E-state index >= 15 is 0 Å². The van der Waals surface area contributed by atoms with E-state index < -0.39 is 97.5 Å². The minimum Gasteiger partial charge on any atom is -0.462 e. The van der Waals surface area contributed by atoms with Gasteiger partial charge in [-0.2, -0.15) is 0 Å². The summed E-state index contributed by atoms with van der Waals surface area (Å²) in [5, 5.41) is 10.6. The summed E-state index contributed by atoms with van der Waals surface area (Å²) < 4.78 is 68.4. The van der Waals surface area contributed by atoms with Crippen LogP contribution < -0.4 is 0 Å². The fourth-order valence-electron chi connectivity index (χ4n) is 11.3. The molecule has 0 fully saturated rings. The van der Waals surface area contributed by atoms with Gasteiger partial charge in [-0.05, 0) is 49.4 Å². The monoisotopic (exact) mass is 1380 g/mol. The highest BCUT2D eigenvalue weighted by Crippen LogP contribution is 2.45. The molecule has 0 aromatic rings. The number of phosphoric acid groups is 2. The molecule has 0 aromatic carbocycles. The number of rotatable bonds is 72. The first-order chi connectivity index (χ1) is 45.1. The first kappa shape index (κ1) is 92.1. The number of hydrogen-bond donors (Lipinski definition) is 3. The summed E-state index contributed by atoms with van der Waals surface area (Å²) in [6.07, 6.45) is 48.9. The molecule has 94 heavy (non-hydrogen) atoms. The van der Waals surface area contributed by atoms with Gasteiger partial charge in [0.1, 0.15) is 19.3 Å². The topological polar surface area (TPSA) is 237 Å². The van der Waals surface area contributed by atoms with Crippen molar-refractivity contribution in [3.63, 3.8) is 0 Å². The molecule has 0 aromatic heterocycles. The van der Waals surface area contributed by atoms with Gasteiger partial charge in [-0.1, -0.05) is 325 Å². The lowest BCUT2D eigenvalue weighted by molar-refractivity contribution is -0.161. The van der Waals surface area contributed by atoms with E-state index in [9.17, 15) is 43.2 Å². The Labute approximate surface area is 575 Å². The van der Waals surface area contributed by atoms with Crippen molar-refractivity contribution < 1.29 is 80.2 Å². The summed E-state index contributed by atoms with van der Waals surface area (Å²) in [5.74, 6) is 0.871. The second-order valence-electron chi connectivity index (χ2n) is 28.7. The number of ether oxygens (including phenoxy) is 4. The number of aliphatic hydroxyl groups excluding tert-OH is 1. The highest BCUT2D eigenvalue weighted by atomic mass is 31.2. The molecule has 558 valence electrons. The van der Waals surface area contributed by atoms with Gasteiger partial charge < -0.3 is 33.8 Å². The van der Waals surface area contributed by atoms with Gasteiger partial charge in [0.2, 0.25) is 0 Å². The van der Waals surface area contributed by atoms with E-state index in [-0.39, 0.29) is 25.7 Å². The van der Waals surface area contributed by atoms with E-state index in [0.29, 0.717) is 31.6 Å². The second kappa shape index (κ2) is 64.4. The van der Waals surface area contributed by atoms with Crippen LogP contribution in [0.5, 0.6) is 0 Å². The Hall–Kier alpha value is -1.94. The first-order valence-corrected chi connectivity index (χ1v) is 41.7. The highest BCUT2D eigenvalue weighted by Gasteiger charge is 2.30. The van der Waals surface area contributed by atoms with Crippen LogP contribution in [0.2, 0.25) is 0 Å². The van der Waals surface area contributed by atoms with Crippen LogP contribution in [0.15, 0.2) is 0 Å². The summed E-state index contributed by atoms with van der Waals surface area (Å²) in [6.45, 7) is 14.1. The number of carbonyl (C=O) groups is 4. The van der Waals surface area contributed by atoms with Crippen molar-refractivity contribution in [1.29, 1.82) is 0 Å². The van der Waals surface area contributed by atoms with Gasteiger partial charge >= 0.3 is 39.5 Å². The highest BCUT2D eigenvalue weighted by molar-refractivity contribution is 7.47. The number of carbonyl (C=O) groups excluding carboxylic acids is 4. The normalized spacial score (nSPS) is 14.4. The van der Waals surface area contributed by atoms with Crippen molar-refractivity contribution >= 4 is 39.5 Å². The van der Waals surface area contributed by atoms with Gasteiger partial charge in [-0.15, -0.1) is 0 Å². The molecule has 0 rings (SSSR count). The average Bonchev–Trinajstić information content (AvgIpc) is 1.58. The number of unbranched alkanes of at least 4 members (excludes halogenated alkanes) is 37. The fraction of sp³-hybridized carbons (Fsp3) is 0.947. The van der Waals surface area contributed by atoms with E-state index in [0.717, 1.165) is 114 Å². The molecule has 3 N–H and O–H groups in total. The van der Waals surface area contributed by atoms with Crippen molar-refractivity contribution in [2.24, 2.45) is 23.7 Å². The number of phosphoric ester groups is 2. The van der Waals surface area contributed by atoms with Gasteiger partial charge in [-0.3, -0.25) is 37.3 Å². The quantitative estimate of drug-likeness (QED) is 0.0222. The molecule has 6 atom stereocenters. The van der Waals surface area contributed by atoms with Crippen LogP contribution >= 0.6 is 15.6 Å².